The van der Waals surface area contributed by atoms with Crippen LogP contribution in [0.3, 0.4) is 0 Å². The molecular formula is C31H65NO3. The van der Waals surface area contributed by atoms with E-state index in [1.54, 1.807) is 7.11 Å². The van der Waals surface area contributed by atoms with Crippen LogP contribution in [0.2, 0.25) is 0 Å². The molecule has 4 nitrogen and oxygen atoms in total. The van der Waals surface area contributed by atoms with Gasteiger partial charge in [0.2, 0.25) is 0 Å². The van der Waals surface area contributed by atoms with Crippen molar-refractivity contribution in [1.29, 1.82) is 0 Å². The molecule has 4 heteroatoms. The quantitative estimate of drug-likeness (QED) is 0.102. The van der Waals surface area contributed by atoms with Gasteiger partial charge in [-0.3, -0.25) is 4.90 Å². The van der Waals surface area contributed by atoms with Gasteiger partial charge in [-0.1, -0.05) is 129 Å². The molecule has 0 heterocycles. The summed E-state index contributed by atoms with van der Waals surface area (Å²) in [4.78, 5) is 2.39. The Morgan fingerprint density at radius 3 is 1.43 bits per heavy atom. The van der Waals surface area contributed by atoms with Gasteiger partial charge in [0.1, 0.15) is 0 Å². The SMILES string of the molecule is CCCCCCCCCCCCCCCC(O)C(CO)N(CCCCCC)CCCCCCOC. The predicted octanol–water partition coefficient (Wildman–Crippen LogP) is 8.28. The van der Waals surface area contributed by atoms with E-state index in [1.165, 1.54) is 116 Å². The molecule has 2 N–H and O–H groups in total. The third-order valence-corrected chi connectivity index (χ3v) is 7.55. The van der Waals surface area contributed by atoms with Crippen molar-refractivity contribution in [3.63, 3.8) is 0 Å². The van der Waals surface area contributed by atoms with E-state index in [4.69, 9.17) is 4.74 Å². The van der Waals surface area contributed by atoms with Gasteiger partial charge in [-0.25, -0.2) is 0 Å². The van der Waals surface area contributed by atoms with Gasteiger partial charge < -0.3 is 14.9 Å². The smallest absolute Gasteiger partial charge is 0.0717 e. The third kappa shape index (κ3) is 22.7. The highest BCUT2D eigenvalue weighted by Crippen LogP contribution is 2.17. The second kappa shape index (κ2) is 28.4. The van der Waals surface area contributed by atoms with Crippen molar-refractivity contribution < 1.29 is 14.9 Å². The molecule has 0 rings (SSSR count). The number of aliphatic hydroxyl groups is 2. The first-order valence-electron chi connectivity index (χ1n) is 15.7. The Hall–Kier alpha value is -0.160. The summed E-state index contributed by atoms with van der Waals surface area (Å²) >= 11 is 0. The van der Waals surface area contributed by atoms with Crippen molar-refractivity contribution >= 4 is 0 Å². The van der Waals surface area contributed by atoms with Crippen LogP contribution in [-0.4, -0.2) is 60.7 Å². The van der Waals surface area contributed by atoms with Crippen LogP contribution in [0.5, 0.6) is 0 Å². The Bertz CT molecular complexity index is 393. The van der Waals surface area contributed by atoms with Crippen molar-refractivity contribution in [3.8, 4) is 0 Å². The summed E-state index contributed by atoms with van der Waals surface area (Å²) in [5.41, 5.74) is 0. The van der Waals surface area contributed by atoms with Gasteiger partial charge in [-0.2, -0.15) is 0 Å². The number of hydrogen-bond donors (Lipinski definition) is 2. The van der Waals surface area contributed by atoms with Gasteiger partial charge >= 0.3 is 0 Å². The lowest BCUT2D eigenvalue weighted by molar-refractivity contribution is 0.00854. The molecule has 0 saturated carbocycles. The predicted molar refractivity (Wildman–Crippen MR) is 153 cm³/mol. The van der Waals surface area contributed by atoms with E-state index in [9.17, 15) is 10.2 Å². The molecule has 35 heavy (non-hydrogen) atoms. The van der Waals surface area contributed by atoms with Crippen LogP contribution in [0, 0.1) is 0 Å². The molecule has 0 aromatic carbocycles. The molecule has 2 unspecified atom stereocenters. The highest BCUT2D eigenvalue weighted by atomic mass is 16.5. The summed E-state index contributed by atoms with van der Waals surface area (Å²) < 4.78 is 5.15. The first kappa shape index (κ1) is 34.8. The lowest BCUT2D eigenvalue weighted by atomic mass is 10.00. The highest BCUT2D eigenvalue weighted by molar-refractivity contribution is 4.79. The standard InChI is InChI=1S/C31H65NO3/c1-4-6-8-10-11-12-13-14-15-16-17-18-21-25-31(34)30(29-33)32(26-22-9-7-5-2)27-23-19-20-24-28-35-3/h30-31,33-34H,4-29H2,1-3H3. The van der Waals surface area contributed by atoms with E-state index in [2.05, 4.69) is 18.7 Å². The van der Waals surface area contributed by atoms with E-state index < -0.39 is 6.10 Å². The Morgan fingerprint density at radius 2 is 0.971 bits per heavy atom. The lowest BCUT2D eigenvalue weighted by Crippen LogP contribution is -2.47. The molecule has 0 aromatic heterocycles. The van der Waals surface area contributed by atoms with Gasteiger partial charge in [0.25, 0.3) is 0 Å². The highest BCUT2D eigenvalue weighted by Gasteiger charge is 2.24. The molecule has 0 aliphatic rings. The zero-order valence-electron chi connectivity index (χ0n) is 24.3. The largest absolute Gasteiger partial charge is 0.395 e. The minimum atomic E-state index is -0.410. The number of aliphatic hydroxyl groups excluding tert-OH is 2. The first-order valence-corrected chi connectivity index (χ1v) is 15.7. The molecule has 0 spiro atoms. The minimum Gasteiger partial charge on any atom is -0.395 e. The number of rotatable bonds is 29. The van der Waals surface area contributed by atoms with Crippen LogP contribution in [0.25, 0.3) is 0 Å². The van der Waals surface area contributed by atoms with Gasteiger partial charge in [-0.05, 0) is 38.8 Å². The normalized spacial score (nSPS) is 13.5. The van der Waals surface area contributed by atoms with Gasteiger partial charge in [0, 0.05) is 13.7 Å². The molecule has 0 aliphatic heterocycles. The lowest BCUT2D eigenvalue weighted by Gasteiger charge is -2.34. The minimum absolute atomic E-state index is 0.0665. The summed E-state index contributed by atoms with van der Waals surface area (Å²) in [5.74, 6) is 0. The zero-order chi connectivity index (χ0) is 25.8. The Kier molecular flexibility index (Phi) is 28.3. The van der Waals surface area contributed by atoms with Gasteiger partial charge in [0.15, 0.2) is 0 Å². The van der Waals surface area contributed by atoms with E-state index in [0.717, 1.165) is 45.4 Å². The Morgan fingerprint density at radius 1 is 0.571 bits per heavy atom. The van der Waals surface area contributed by atoms with E-state index >= 15 is 0 Å². The van der Waals surface area contributed by atoms with Crippen molar-refractivity contribution in [3.05, 3.63) is 0 Å². The van der Waals surface area contributed by atoms with Crippen LogP contribution >= 0.6 is 0 Å². The van der Waals surface area contributed by atoms with Crippen molar-refractivity contribution in [2.75, 3.05) is 33.4 Å². The Balaban J connectivity index is 4.07. The molecule has 2 atom stereocenters. The number of nitrogens with zero attached hydrogens (tertiary/aromatic N) is 1. The van der Waals surface area contributed by atoms with E-state index in [1.807, 2.05) is 0 Å². The molecule has 0 aromatic rings. The maximum atomic E-state index is 10.9. The number of ether oxygens (including phenoxy) is 1. The van der Waals surface area contributed by atoms with Crippen molar-refractivity contribution in [2.24, 2.45) is 0 Å². The fourth-order valence-electron chi connectivity index (χ4n) is 5.14. The zero-order valence-corrected chi connectivity index (χ0v) is 24.3. The maximum absolute atomic E-state index is 10.9. The summed E-state index contributed by atoms with van der Waals surface area (Å²) in [6.07, 6.45) is 27.5. The molecule has 0 bridgehead atoms. The Labute approximate surface area is 220 Å². The molecule has 0 radical (unpaired) electrons. The van der Waals surface area contributed by atoms with Gasteiger partial charge in [-0.15, -0.1) is 0 Å². The van der Waals surface area contributed by atoms with Crippen LogP contribution in [0.4, 0.5) is 0 Å². The summed E-state index contributed by atoms with van der Waals surface area (Å²) in [6.45, 7) is 7.42. The molecular weight excluding hydrogens is 434 g/mol. The van der Waals surface area contributed by atoms with Crippen LogP contribution in [0.1, 0.15) is 155 Å². The fraction of sp³-hybridized carbons (Fsp3) is 1.00. The second-order valence-electron chi connectivity index (χ2n) is 10.9. The first-order chi connectivity index (χ1) is 17.2. The monoisotopic (exact) mass is 499 g/mol. The van der Waals surface area contributed by atoms with Gasteiger partial charge in [0.05, 0.1) is 18.8 Å². The van der Waals surface area contributed by atoms with E-state index in [0.29, 0.717) is 0 Å². The second-order valence-corrected chi connectivity index (χ2v) is 10.9. The molecule has 212 valence electrons. The molecule has 0 saturated heterocycles. The number of unbranched alkanes of at least 4 members (excludes halogenated alkanes) is 18. The topological polar surface area (TPSA) is 52.9 Å². The molecule has 0 aliphatic carbocycles. The van der Waals surface area contributed by atoms with E-state index in [-0.39, 0.29) is 12.6 Å². The van der Waals surface area contributed by atoms with Crippen molar-refractivity contribution in [1.82, 2.24) is 4.90 Å². The van der Waals surface area contributed by atoms with Crippen LogP contribution in [0.15, 0.2) is 0 Å². The summed E-state index contributed by atoms with van der Waals surface area (Å²) in [7, 11) is 1.77. The summed E-state index contributed by atoms with van der Waals surface area (Å²) in [6, 6.07) is -0.104. The number of methoxy groups -OCH3 is 1. The van der Waals surface area contributed by atoms with Crippen LogP contribution < -0.4 is 0 Å². The average molecular weight is 500 g/mol. The molecule has 0 fully saturated rings. The van der Waals surface area contributed by atoms with Crippen LogP contribution in [-0.2, 0) is 4.74 Å². The molecule has 0 amide bonds. The fourth-order valence-corrected chi connectivity index (χ4v) is 5.14. The number of hydrogen-bond acceptors (Lipinski definition) is 4. The average Bonchev–Trinajstić information content (AvgIpc) is 2.86. The third-order valence-electron chi connectivity index (χ3n) is 7.55. The summed E-state index contributed by atoms with van der Waals surface area (Å²) in [5, 5.41) is 21.0. The van der Waals surface area contributed by atoms with Crippen molar-refractivity contribution in [2.45, 2.75) is 167 Å². The maximum Gasteiger partial charge on any atom is 0.0717 e.